The van der Waals surface area contributed by atoms with Crippen LogP contribution in [0.4, 0.5) is 0 Å². The fourth-order valence-corrected chi connectivity index (χ4v) is 9.49. The van der Waals surface area contributed by atoms with Crippen molar-refractivity contribution in [2.45, 2.75) is 96.6 Å². The Hall–Kier alpha value is -0.640. The van der Waals surface area contributed by atoms with Gasteiger partial charge in [-0.05, 0) is 85.9 Å². The van der Waals surface area contributed by atoms with Crippen LogP contribution in [0.1, 0.15) is 78.6 Å². The molecule has 3 heteroatoms. The summed E-state index contributed by atoms with van der Waals surface area (Å²) in [4.78, 5) is 0. The van der Waals surface area contributed by atoms with E-state index >= 15 is 0 Å². The Morgan fingerprint density at radius 2 is 1.97 bits per heavy atom. The van der Waals surface area contributed by atoms with E-state index in [9.17, 15) is 5.11 Å². The van der Waals surface area contributed by atoms with Crippen LogP contribution in [0, 0.1) is 40.4 Å². The monoisotopic (exact) mass is 412 g/mol. The molecule has 30 heavy (non-hydrogen) atoms. The van der Waals surface area contributed by atoms with Crippen molar-refractivity contribution in [3.8, 4) is 0 Å². The fraction of sp³-hybridized carbons (Fsp3) is 0.852. The highest BCUT2D eigenvalue weighted by molar-refractivity contribution is 5.26. The number of hydrogen-bond acceptors (Lipinski definition) is 3. The molecule has 0 aromatic carbocycles. The Balaban J connectivity index is 1.29. The van der Waals surface area contributed by atoms with E-state index in [1.165, 1.54) is 37.7 Å². The number of aliphatic hydroxyl groups is 1. The van der Waals surface area contributed by atoms with Crippen molar-refractivity contribution < 1.29 is 14.6 Å². The molecule has 0 amide bonds. The van der Waals surface area contributed by atoms with E-state index in [0.29, 0.717) is 35.4 Å². The van der Waals surface area contributed by atoms with Crippen molar-refractivity contribution in [2.75, 3.05) is 6.61 Å². The van der Waals surface area contributed by atoms with E-state index < -0.39 is 0 Å². The van der Waals surface area contributed by atoms with Crippen LogP contribution in [0.3, 0.4) is 0 Å². The zero-order valence-electron chi connectivity index (χ0n) is 19.2. The maximum atomic E-state index is 10.3. The second kappa shape index (κ2) is 6.45. The predicted octanol–water partition coefficient (Wildman–Crippen LogP) is 5.63. The van der Waals surface area contributed by atoms with Crippen molar-refractivity contribution in [3.05, 3.63) is 23.8 Å². The third-order valence-corrected chi connectivity index (χ3v) is 11.1. The smallest absolute Gasteiger partial charge is 0.172 e. The molecule has 2 heterocycles. The molecule has 166 valence electrons. The lowest BCUT2D eigenvalue weighted by atomic mass is 9.47. The summed E-state index contributed by atoms with van der Waals surface area (Å²) >= 11 is 0. The molecule has 10 atom stereocenters. The van der Waals surface area contributed by atoms with Gasteiger partial charge in [0.1, 0.15) is 0 Å². The lowest BCUT2D eigenvalue weighted by molar-refractivity contribution is -0.255. The van der Waals surface area contributed by atoms with Crippen LogP contribution in [-0.2, 0) is 9.47 Å². The largest absolute Gasteiger partial charge is 0.393 e. The van der Waals surface area contributed by atoms with Crippen molar-refractivity contribution in [3.63, 3.8) is 0 Å². The van der Waals surface area contributed by atoms with Gasteiger partial charge in [0.05, 0.1) is 18.8 Å². The molecule has 1 N–H and O–H groups in total. The summed E-state index contributed by atoms with van der Waals surface area (Å²) in [5, 5.41) is 10.3. The van der Waals surface area contributed by atoms with Gasteiger partial charge in [0, 0.05) is 12.3 Å². The van der Waals surface area contributed by atoms with Crippen LogP contribution in [0.25, 0.3) is 0 Å². The minimum atomic E-state index is -0.355. The van der Waals surface area contributed by atoms with E-state index in [1.807, 2.05) is 0 Å². The van der Waals surface area contributed by atoms with Gasteiger partial charge in [-0.2, -0.15) is 0 Å². The zero-order chi connectivity index (χ0) is 20.9. The van der Waals surface area contributed by atoms with Crippen LogP contribution in [0.15, 0.2) is 23.8 Å². The molecule has 0 unspecified atom stereocenters. The molecular weight excluding hydrogens is 372 g/mol. The average Bonchev–Trinajstić information content (AvgIpc) is 3.16. The van der Waals surface area contributed by atoms with Crippen LogP contribution >= 0.6 is 0 Å². The van der Waals surface area contributed by atoms with Crippen molar-refractivity contribution in [1.82, 2.24) is 0 Å². The van der Waals surface area contributed by atoms with Crippen LogP contribution in [-0.4, -0.2) is 29.7 Å². The lowest BCUT2D eigenvalue weighted by Crippen LogP contribution is -2.52. The SMILES string of the molecule is C=C1CC[C@@]2(OC1)O[C@H]1C[C@@H]3[C@@H]4CC=C5C[C@H](O)CC[C@]5(C)[C@@H]4CC[C@]3(C)[C@H]1[C@@H]2C. The molecule has 0 bridgehead atoms. The Morgan fingerprint density at radius 3 is 2.73 bits per heavy atom. The maximum absolute atomic E-state index is 10.3. The lowest BCUT2D eigenvalue weighted by Gasteiger charge is -2.58. The molecule has 0 aromatic heterocycles. The summed E-state index contributed by atoms with van der Waals surface area (Å²) in [5.41, 5.74) is 3.49. The second-order valence-electron chi connectivity index (χ2n) is 12.3. The average molecular weight is 413 g/mol. The zero-order valence-corrected chi connectivity index (χ0v) is 19.2. The van der Waals surface area contributed by atoms with Gasteiger partial charge < -0.3 is 14.6 Å². The van der Waals surface area contributed by atoms with Gasteiger partial charge in [0.25, 0.3) is 0 Å². The molecule has 6 aliphatic rings. The predicted molar refractivity (Wildman–Crippen MR) is 118 cm³/mol. The molecule has 3 saturated carbocycles. The van der Waals surface area contributed by atoms with Crippen LogP contribution < -0.4 is 0 Å². The molecule has 1 spiro atoms. The van der Waals surface area contributed by atoms with E-state index in [4.69, 9.17) is 9.47 Å². The molecule has 2 saturated heterocycles. The summed E-state index contributed by atoms with van der Waals surface area (Å²) in [7, 11) is 0. The summed E-state index contributed by atoms with van der Waals surface area (Å²) in [6, 6.07) is 0. The topological polar surface area (TPSA) is 38.7 Å². The first-order chi connectivity index (χ1) is 14.3. The third-order valence-electron chi connectivity index (χ3n) is 11.1. The first-order valence-corrected chi connectivity index (χ1v) is 12.6. The first kappa shape index (κ1) is 20.0. The maximum Gasteiger partial charge on any atom is 0.172 e. The summed E-state index contributed by atoms with van der Waals surface area (Å²) in [5.74, 6) is 3.09. The summed E-state index contributed by atoms with van der Waals surface area (Å²) in [6.07, 6.45) is 13.0. The third kappa shape index (κ3) is 2.49. The van der Waals surface area contributed by atoms with E-state index in [0.717, 1.165) is 43.4 Å². The number of aliphatic hydroxyl groups excluding tert-OH is 1. The summed E-state index contributed by atoms with van der Waals surface area (Å²) in [6.45, 7) is 12.4. The fourth-order valence-electron chi connectivity index (χ4n) is 9.49. The molecule has 0 radical (unpaired) electrons. The Bertz CT molecular complexity index is 775. The minimum Gasteiger partial charge on any atom is -0.393 e. The highest BCUT2D eigenvalue weighted by Gasteiger charge is 2.68. The van der Waals surface area contributed by atoms with E-state index in [2.05, 4.69) is 33.4 Å². The molecule has 3 nitrogen and oxygen atoms in total. The molecule has 4 aliphatic carbocycles. The molecule has 0 aromatic rings. The van der Waals surface area contributed by atoms with Gasteiger partial charge in [0.15, 0.2) is 5.79 Å². The Labute approximate surface area is 182 Å². The van der Waals surface area contributed by atoms with Gasteiger partial charge in [-0.3, -0.25) is 0 Å². The van der Waals surface area contributed by atoms with Crippen LogP contribution in [0.5, 0.6) is 0 Å². The van der Waals surface area contributed by atoms with Gasteiger partial charge in [-0.1, -0.05) is 44.6 Å². The molecule has 5 fully saturated rings. The van der Waals surface area contributed by atoms with E-state index in [1.54, 1.807) is 5.57 Å². The number of rotatable bonds is 0. The van der Waals surface area contributed by atoms with Gasteiger partial charge in [-0.25, -0.2) is 0 Å². The highest BCUT2D eigenvalue weighted by Crippen LogP contribution is 2.70. The standard InChI is InChI=1S/C27H40O3/c1-16-7-12-27(29-15-16)17(2)24-23(30-27)14-22-20-6-5-18-13-19(28)8-10-25(18,3)21(20)9-11-26(22,24)4/h5,17,19-24,28H,1,6-15H2,2-4H3/t17-,19+,20+,21+,22+,23-,24-,25-,26-,27+/m0/s1. The van der Waals surface area contributed by atoms with Crippen molar-refractivity contribution in [2.24, 2.45) is 40.4 Å². The second-order valence-corrected chi connectivity index (χ2v) is 12.3. The van der Waals surface area contributed by atoms with E-state index in [-0.39, 0.29) is 11.9 Å². The van der Waals surface area contributed by atoms with Gasteiger partial charge >= 0.3 is 0 Å². The first-order valence-electron chi connectivity index (χ1n) is 12.6. The quantitative estimate of drug-likeness (QED) is 0.524. The minimum absolute atomic E-state index is 0.113. The molecular formula is C27H40O3. The van der Waals surface area contributed by atoms with Crippen molar-refractivity contribution >= 4 is 0 Å². The van der Waals surface area contributed by atoms with Crippen molar-refractivity contribution in [1.29, 1.82) is 0 Å². The Kier molecular flexibility index (Phi) is 4.30. The molecule has 2 aliphatic heterocycles. The number of hydrogen-bond donors (Lipinski definition) is 1. The Morgan fingerprint density at radius 1 is 1.13 bits per heavy atom. The number of allylic oxidation sites excluding steroid dienone is 1. The number of fused-ring (bicyclic) bond motifs is 7. The normalized spacial score (nSPS) is 57.4. The van der Waals surface area contributed by atoms with Gasteiger partial charge in [-0.15, -0.1) is 0 Å². The van der Waals surface area contributed by atoms with Crippen LogP contribution in [0.2, 0.25) is 0 Å². The van der Waals surface area contributed by atoms with Gasteiger partial charge in [0.2, 0.25) is 0 Å². The summed E-state index contributed by atoms with van der Waals surface area (Å²) < 4.78 is 13.2. The molecule has 6 rings (SSSR count). The highest BCUT2D eigenvalue weighted by atomic mass is 16.7. The number of ether oxygens (including phenoxy) is 2.